The first kappa shape index (κ1) is 11.7. The van der Waals surface area contributed by atoms with Gasteiger partial charge in [0.1, 0.15) is 5.75 Å². The molecule has 94 valence electrons. The summed E-state index contributed by atoms with van der Waals surface area (Å²) in [5, 5.41) is 1.12. The monoisotopic (exact) mass is 251 g/mol. The summed E-state index contributed by atoms with van der Waals surface area (Å²) in [6.07, 6.45) is 0. The van der Waals surface area contributed by atoms with E-state index in [9.17, 15) is 0 Å². The molecular formula is C17H15O2+. The van der Waals surface area contributed by atoms with Crippen LogP contribution in [0.4, 0.5) is 0 Å². The second kappa shape index (κ2) is 4.73. The summed E-state index contributed by atoms with van der Waals surface area (Å²) in [5.74, 6) is 1.75. The number of benzene rings is 2. The topological polar surface area (TPSA) is 20.5 Å². The van der Waals surface area contributed by atoms with Crippen molar-refractivity contribution in [1.29, 1.82) is 0 Å². The standard InChI is InChI=1S/C17H15O2/c1-12-11-14-5-3-4-6-16(14)19-17(12)13-7-9-15(18-2)10-8-13/h3-11H,1-2H3/q+1. The smallest absolute Gasteiger partial charge is 0.363 e. The lowest BCUT2D eigenvalue weighted by Crippen LogP contribution is -1.86. The number of para-hydroxylation sites is 1. The lowest BCUT2D eigenvalue weighted by atomic mass is 10.1. The van der Waals surface area contributed by atoms with Crippen LogP contribution in [0.25, 0.3) is 22.3 Å². The zero-order valence-electron chi connectivity index (χ0n) is 11.0. The molecule has 0 saturated heterocycles. The molecule has 2 heteroatoms. The summed E-state index contributed by atoms with van der Waals surface area (Å²) in [4.78, 5) is 0. The Morgan fingerprint density at radius 1 is 0.947 bits per heavy atom. The van der Waals surface area contributed by atoms with E-state index in [-0.39, 0.29) is 0 Å². The predicted molar refractivity (Wildman–Crippen MR) is 77.3 cm³/mol. The molecule has 0 atom stereocenters. The Bertz CT molecular complexity index is 715. The van der Waals surface area contributed by atoms with Crippen molar-refractivity contribution in [1.82, 2.24) is 0 Å². The number of hydrogen-bond donors (Lipinski definition) is 0. The predicted octanol–water partition coefficient (Wildman–Crippen LogP) is 4.70. The second-order valence-electron chi connectivity index (χ2n) is 4.52. The van der Waals surface area contributed by atoms with Crippen molar-refractivity contribution in [2.24, 2.45) is 0 Å². The zero-order valence-corrected chi connectivity index (χ0v) is 11.0. The summed E-state index contributed by atoms with van der Waals surface area (Å²) in [7, 11) is 1.67. The first-order chi connectivity index (χ1) is 9.28. The van der Waals surface area contributed by atoms with Crippen LogP contribution in [0.1, 0.15) is 5.56 Å². The number of ether oxygens (including phenoxy) is 1. The molecule has 0 aliphatic carbocycles. The highest BCUT2D eigenvalue weighted by molar-refractivity contribution is 5.80. The highest BCUT2D eigenvalue weighted by atomic mass is 16.5. The first-order valence-corrected chi connectivity index (χ1v) is 6.25. The van der Waals surface area contributed by atoms with Crippen LogP contribution in [-0.4, -0.2) is 7.11 Å². The molecule has 3 rings (SSSR count). The quantitative estimate of drug-likeness (QED) is 0.615. The third-order valence-electron chi connectivity index (χ3n) is 3.21. The van der Waals surface area contributed by atoms with E-state index in [1.165, 1.54) is 0 Å². The van der Waals surface area contributed by atoms with Crippen LogP contribution in [-0.2, 0) is 0 Å². The van der Waals surface area contributed by atoms with Gasteiger partial charge in [-0.1, -0.05) is 12.1 Å². The Hall–Kier alpha value is -2.35. The molecule has 0 spiro atoms. The Morgan fingerprint density at radius 2 is 1.68 bits per heavy atom. The second-order valence-corrected chi connectivity index (χ2v) is 4.52. The molecule has 0 bridgehead atoms. The average molecular weight is 251 g/mol. The van der Waals surface area contributed by atoms with Gasteiger partial charge >= 0.3 is 11.3 Å². The van der Waals surface area contributed by atoms with Crippen molar-refractivity contribution in [3.63, 3.8) is 0 Å². The molecule has 0 aliphatic rings. The molecule has 0 unspecified atom stereocenters. The van der Waals surface area contributed by atoms with Gasteiger partial charge in [-0.2, -0.15) is 0 Å². The van der Waals surface area contributed by atoms with Gasteiger partial charge in [0.05, 0.1) is 23.6 Å². The minimum Gasteiger partial charge on any atom is -0.497 e. The molecule has 0 N–H and O–H groups in total. The van der Waals surface area contributed by atoms with Gasteiger partial charge in [-0.25, -0.2) is 4.42 Å². The Labute approximate surface area is 112 Å². The van der Waals surface area contributed by atoms with E-state index >= 15 is 0 Å². The van der Waals surface area contributed by atoms with Crippen molar-refractivity contribution >= 4 is 11.0 Å². The highest BCUT2D eigenvalue weighted by Gasteiger charge is 2.18. The maximum atomic E-state index is 6.01. The summed E-state index contributed by atoms with van der Waals surface area (Å²) < 4.78 is 11.2. The van der Waals surface area contributed by atoms with Crippen LogP contribution >= 0.6 is 0 Å². The van der Waals surface area contributed by atoms with Gasteiger partial charge in [-0.3, -0.25) is 0 Å². The van der Waals surface area contributed by atoms with Crippen molar-refractivity contribution in [2.45, 2.75) is 6.92 Å². The number of hydrogen-bond acceptors (Lipinski definition) is 1. The van der Waals surface area contributed by atoms with Crippen molar-refractivity contribution in [3.8, 4) is 17.1 Å². The molecule has 0 saturated carbocycles. The van der Waals surface area contributed by atoms with Crippen LogP contribution in [0.2, 0.25) is 0 Å². The molecule has 2 aromatic carbocycles. The van der Waals surface area contributed by atoms with Crippen LogP contribution in [0, 0.1) is 6.92 Å². The SMILES string of the molecule is COc1ccc(-c2[o+]c3ccccc3cc2C)cc1. The van der Waals surface area contributed by atoms with E-state index in [0.717, 1.165) is 33.6 Å². The van der Waals surface area contributed by atoms with Crippen LogP contribution in [0.15, 0.2) is 59.0 Å². The normalized spacial score (nSPS) is 10.6. The molecule has 3 aromatic rings. The molecule has 0 amide bonds. The van der Waals surface area contributed by atoms with Gasteiger partial charge in [0.15, 0.2) is 0 Å². The maximum absolute atomic E-state index is 6.01. The van der Waals surface area contributed by atoms with Crippen LogP contribution in [0.3, 0.4) is 0 Å². The molecule has 2 nitrogen and oxygen atoms in total. The van der Waals surface area contributed by atoms with E-state index in [1.54, 1.807) is 7.11 Å². The minimum absolute atomic E-state index is 0.849. The fourth-order valence-corrected chi connectivity index (χ4v) is 2.21. The number of methoxy groups -OCH3 is 1. The van der Waals surface area contributed by atoms with Crippen molar-refractivity contribution in [3.05, 3.63) is 60.2 Å². The van der Waals surface area contributed by atoms with Crippen LogP contribution in [0.5, 0.6) is 5.75 Å². The Kier molecular flexibility index (Phi) is 2.92. The minimum atomic E-state index is 0.849. The lowest BCUT2D eigenvalue weighted by molar-refractivity contribution is 0.415. The lowest BCUT2D eigenvalue weighted by Gasteiger charge is -2.00. The Morgan fingerprint density at radius 3 is 2.42 bits per heavy atom. The molecular weight excluding hydrogens is 236 g/mol. The van der Waals surface area contributed by atoms with E-state index in [4.69, 9.17) is 9.15 Å². The summed E-state index contributed by atoms with van der Waals surface area (Å²) in [5.41, 5.74) is 3.09. The molecule has 0 fully saturated rings. The van der Waals surface area contributed by atoms with E-state index in [2.05, 4.69) is 19.1 Å². The zero-order chi connectivity index (χ0) is 13.2. The van der Waals surface area contributed by atoms with Gasteiger partial charge in [0.25, 0.3) is 0 Å². The van der Waals surface area contributed by atoms with E-state index in [0.29, 0.717) is 0 Å². The first-order valence-electron chi connectivity index (χ1n) is 6.25. The summed E-state index contributed by atoms with van der Waals surface area (Å²) >= 11 is 0. The fourth-order valence-electron chi connectivity index (χ4n) is 2.21. The summed E-state index contributed by atoms with van der Waals surface area (Å²) in [6.45, 7) is 2.06. The average Bonchev–Trinajstić information content (AvgIpc) is 2.47. The fraction of sp³-hybridized carbons (Fsp3) is 0.118. The van der Waals surface area contributed by atoms with Gasteiger partial charge in [0.2, 0.25) is 0 Å². The number of aryl methyl sites for hydroxylation is 1. The number of rotatable bonds is 2. The molecule has 1 heterocycles. The molecule has 0 aliphatic heterocycles. The van der Waals surface area contributed by atoms with Crippen molar-refractivity contribution in [2.75, 3.05) is 7.11 Å². The van der Waals surface area contributed by atoms with Gasteiger partial charge < -0.3 is 4.74 Å². The number of fused-ring (bicyclic) bond motifs is 1. The van der Waals surface area contributed by atoms with E-state index in [1.807, 2.05) is 42.5 Å². The van der Waals surface area contributed by atoms with Crippen LogP contribution < -0.4 is 4.74 Å². The Balaban J connectivity index is 2.15. The molecule has 19 heavy (non-hydrogen) atoms. The summed E-state index contributed by atoms with van der Waals surface area (Å²) in [6, 6.07) is 18.1. The molecule has 0 radical (unpaired) electrons. The van der Waals surface area contributed by atoms with Gasteiger partial charge in [-0.15, -0.1) is 0 Å². The van der Waals surface area contributed by atoms with E-state index < -0.39 is 0 Å². The maximum Gasteiger partial charge on any atom is 0.363 e. The highest BCUT2D eigenvalue weighted by Crippen LogP contribution is 2.29. The third kappa shape index (κ3) is 2.17. The molecule has 1 aromatic heterocycles. The van der Waals surface area contributed by atoms with Gasteiger partial charge in [-0.05, 0) is 43.3 Å². The van der Waals surface area contributed by atoms with Crippen molar-refractivity contribution < 1.29 is 9.15 Å². The third-order valence-corrected chi connectivity index (χ3v) is 3.21. The largest absolute Gasteiger partial charge is 0.497 e. The van der Waals surface area contributed by atoms with Gasteiger partial charge in [0, 0.05) is 6.07 Å².